The Bertz CT molecular complexity index is 791. The quantitative estimate of drug-likeness (QED) is 0.825. The van der Waals surface area contributed by atoms with Crippen LogP contribution in [0.5, 0.6) is 5.75 Å². The number of Topliss-reactive ketones (excluding diaryl/α,β-unsaturated/α-hetero) is 1. The minimum Gasteiger partial charge on any atom is -0.435 e. The first-order valence-electron chi connectivity index (χ1n) is 7.11. The van der Waals surface area contributed by atoms with E-state index in [1.54, 1.807) is 24.3 Å². The normalized spacial score (nSPS) is 19.1. The van der Waals surface area contributed by atoms with Gasteiger partial charge in [0, 0.05) is 16.8 Å². The van der Waals surface area contributed by atoms with Gasteiger partial charge in [-0.15, -0.1) is 0 Å². The number of ketones is 1. The summed E-state index contributed by atoms with van der Waals surface area (Å²) < 4.78 is 28.4. The highest BCUT2D eigenvalue weighted by Crippen LogP contribution is 2.38. The van der Waals surface area contributed by atoms with Crippen LogP contribution in [0.2, 0.25) is 0 Å². The van der Waals surface area contributed by atoms with E-state index in [4.69, 9.17) is 0 Å². The molecular formula is C17H13F2NO4. The lowest BCUT2D eigenvalue weighted by Crippen LogP contribution is -2.36. The van der Waals surface area contributed by atoms with Gasteiger partial charge >= 0.3 is 6.61 Å². The van der Waals surface area contributed by atoms with Crippen molar-refractivity contribution in [3.05, 3.63) is 59.7 Å². The van der Waals surface area contributed by atoms with E-state index >= 15 is 0 Å². The summed E-state index contributed by atoms with van der Waals surface area (Å²) >= 11 is 0. The predicted octanol–water partition coefficient (Wildman–Crippen LogP) is 2.70. The Morgan fingerprint density at radius 2 is 1.83 bits per heavy atom. The van der Waals surface area contributed by atoms with E-state index in [-0.39, 0.29) is 11.3 Å². The molecule has 1 heterocycles. The van der Waals surface area contributed by atoms with E-state index in [9.17, 15) is 23.5 Å². The number of benzene rings is 2. The van der Waals surface area contributed by atoms with Gasteiger partial charge in [-0.05, 0) is 30.3 Å². The van der Waals surface area contributed by atoms with Crippen molar-refractivity contribution in [3.8, 4) is 5.75 Å². The van der Waals surface area contributed by atoms with Gasteiger partial charge in [-0.3, -0.25) is 9.59 Å². The van der Waals surface area contributed by atoms with Crippen molar-refractivity contribution in [2.24, 2.45) is 0 Å². The number of para-hydroxylation sites is 1. The summed E-state index contributed by atoms with van der Waals surface area (Å²) in [6.07, 6.45) is -0.453. The molecule has 2 aromatic carbocycles. The molecule has 2 aromatic rings. The number of amides is 1. The topological polar surface area (TPSA) is 75.6 Å². The Hall–Kier alpha value is -2.80. The van der Waals surface area contributed by atoms with Crippen molar-refractivity contribution in [2.45, 2.75) is 18.6 Å². The number of nitrogens with one attached hydrogen (secondary N) is 1. The van der Waals surface area contributed by atoms with Crippen molar-refractivity contribution in [1.82, 2.24) is 0 Å². The molecule has 1 aliphatic rings. The molecule has 0 aliphatic carbocycles. The Labute approximate surface area is 135 Å². The number of carbonyl (C=O) groups is 2. The van der Waals surface area contributed by atoms with E-state index in [2.05, 4.69) is 10.1 Å². The summed E-state index contributed by atoms with van der Waals surface area (Å²) in [5.74, 6) is -1.24. The number of fused-ring (bicyclic) bond motifs is 1. The molecule has 7 heteroatoms. The second-order valence-corrected chi connectivity index (χ2v) is 5.36. The molecule has 0 spiro atoms. The second kappa shape index (κ2) is 6.01. The second-order valence-electron chi connectivity index (χ2n) is 5.36. The summed E-state index contributed by atoms with van der Waals surface area (Å²) in [5, 5.41) is 13.2. The zero-order valence-corrected chi connectivity index (χ0v) is 12.3. The SMILES string of the molecule is O=C(C[C@]1(O)C(=O)Nc2ccccc21)c1ccc(OC(F)F)cc1. The van der Waals surface area contributed by atoms with E-state index in [1.807, 2.05) is 0 Å². The number of alkyl halides is 2. The summed E-state index contributed by atoms with van der Waals surface area (Å²) in [4.78, 5) is 24.4. The maximum atomic E-state index is 12.4. The van der Waals surface area contributed by atoms with Gasteiger partial charge in [0.05, 0.1) is 6.42 Å². The lowest BCUT2D eigenvalue weighted by molar-refractivity contribution is -0.133. The van der Waals surface area contributed by atoms with Crippen LogP contribution in [0.25, 0.3) is 0 Å². The number of carbonyl (C=O) groups excluding carboxylic acids is 2. The minimum atomic E-state index is -2.95. The molecule has 1 amide bonds. The fraction of sp³-hybridized carbons (Fsp3) is 0.176. The summed E-state index contributed by atoms with van der Waals surface area (Å²) in [6.45, 7) is -2.95. The molecule has 0 fully saturated rings. The fourth-order valence-corrected chi connectivity index (χ4v) is 2.63. The third kappa shape index (κ3) is 2.85. The Morgan fingerprint density at radius 1 is 1.17 bits per heavy atom. The van der Waals surface area contributed by atoms with Crippen LogP contribution in [0, 0.1) is 0 Å². The number of hydrogen-bond donors (Lipinski definition) is 2. The van der Waals surface area contributed by atoms with Crippen molar-refractivity contribution < 1.29 is 28.2 Å². The zero-order chi connectivity index (χ0) is 17.3. The van der Waals surface area contributed by atoms with Gasteiger partial charge in [-0.25, -0.2) is 0 Å². The summed E-state index contributed by atoms with van der Waals surface area (Å²) in [5.41, 5.74) is -0.979. The molecule has 2 N–H and O–H groups in total. The molecule has 3 rings (SSSR count). The maximum Gasteiger partial charge on any atom is 0.387 e. The van der Waals surface area contributed by atoms with Crippen LogP contribution in [-0.2, 0) is 10.4 Å². The lowest BCUT2D eigenvalue weighted by atomic mass is 9.88. The Kier molecular flexibility index (Phi) is 4.02. The molecule has 0 radical (unpaired) electrons. The highest BCUT2D eigenvalue weighted by atomic mass is 19.3. The van der Waals surface area contributed by atoms with Crippen LogP contribution >= 0.6 is 0 Å². The Morgan fingerprint density at radius 3 is 2.50 bits per heavy atom. The number of halogens is 2. The number of ether oxygens (including phenoxy) is 1. The summed E-state index contributed by atoms with van der Waals surface area (Å²) in [6, 6.07) is 11.6. The zero-order valence-electron chi connectivity index (χ0n) is 12.3. The van der Waals surface area contributed by atoms with Crippen LogP contribution in [0.4, 0.5) is 14.5 Å². The van der Waals surface area contributed by atoms with Crippen molar-refractivity contribution in [3.63, 3.8) is 0 Å². The smallest absolute Gasteiger partial charge is 0.387 e. The number of aliphatic hydroxyl groups is 1. The van der Waals surface area contributed by atoms with Crippen LogP contribution < -0.4 is 10.1 Å². The van der Waals surface area contributed by atoms with Gasteiger partial charge in [0.25, 0.3) is 5.91 Å². The van der Waals surface area contributed by atoms with Crippen LogP contribution in [0.1, 0.15) is 22.3 Å². The standard InChI is InChI=1S/C17H13F2NO4/c18-16(19)24-11-7-5-10(6-8-11)14(21)9-17(23)12-3-1-2-4-13(12)20-15(17)22/h1-8,16,23H,9H2,(H,20,22)/t17-/m1/s1. The van der Waals surface area contributed by atoms with Crippen LogP contribution in [0.3, 0.4) is 0 Å². The average molecular weight is 333 g/mol. The van der Waals surface area contributed by atoms with E-state index < -0.39 is 30.3 Å². The van der Waals surface area contributed by atoms with Gasteiger partial charge in [-0.2, -0.15) is 8.78 Å². The third-order valence-electron chi connectivity index (χ3n) is 3.81. The highest BCUT2D eigenvalue weighted by Gasteiger charge is 2.46. The van der Waals surface area contributed by atoms with Crippen LogP contribution in [-0.4, -0.2) is 23.4 Å². The van der Waals surface area contributed by atoms with Gasteiger partial charge in [0.15, 0.2) is 11.4 Å². The highest BCUT2D eigenvalue weighted by molar-refractivity contribution is 6.09. The fourth-order valence-electron chi connectivity index (χ4n) is 2.63. The number of anilines is 1. The molecule has 24 heavy (non-hydrogen) atoms. The first kappa shape index (κ1) is 16.1. The molecule has 0 saturated heterocycles. The van der Waals surface area contributed by atoms with Crippen molar-refractivity contribution in [1.29, 1.82) is 0 Å². The summed E-state index contributed by atoms with van der Waals surface area (Å²) in [7, 11) is 0. The first-order chi connectivity index (χ1) is 11.4. The molecule has 124 valence electrons. The van der Waals surface area contributed by atoms with Gasteiger partial charge < -0.3 is 15.2 Å². The molecule has 0 unspecified atom stereocenters. The molecule has 5 nitrogen and oxygen atoms in total. The van der Waals surface area contributed by atoms with Gasteiger partial charge in [0.2, 0.25) is 0 Å². The molecule has 0 aromatic heterocycles. The van der Waals surface area contributed by atoms with Crippen molar-refractivity contribution in [2.75, 3.05) is 5.32 Å². The molecule has 1 atom stereocenters. The van der Waals surface area contributed by atoms with E-state index in [0.29, 0.717) is 11.3 Å². The molecule has 0 bridgehead atoms. The van der Waals surface area contributed by atoms with Crippen LogP contribution in [0.15, 0.2) is 48.5 Å². The molecule has 0 saturated carbocycles. The van der Waals surface area contributed by atoms with E-state index in [0.717, 1.165) is 0 Å². The molecular weight excluding hydrogens is 320 g/mol. The largest absolute Gasteiger partial charge is 0.435 e. The van der Waals surface area contributed by atoms with Gasteiger partial charge in [0.1, 0.15) is 5.75 Å². The minimum absolute atomic E-state index is 0.0794. The Balaban J connectivity index is 1.81. The van der Waals surface area contributed by atoms with E-state index in [1.165, 1.54) is 24.3 Å². The third-order valence-corrected chi connectivity index (χ3v) is 3.81. The number of rotatable bonds is 5. The lowest BCUT2D eigenvalue weighted by Gasteiger charge is -2.20. The number of hydrogen-bond acceptors (Lipinski definition) is 4. The van der Waals surface area contributed by atoms with Crippen molar-refractivity contribution >= 4 is 17.4 Å². The molecule has 1 aliphatic heterocycles. The van der Waals surface area contributed by atoms with Gasteiger partial charge in [-0.1, -0.05) is 18.2 Å². The maximum absolute atomic E-state index is 12.4. The average Bonchev–Trinajstić information content (AvgIpc) is 2.79. The monoisotopic (exact) mass is 333 g/mol. The predicted molar refractivity (Wildman–Crippen MR) is 81.0 cm³/mol. The first-order valence-corrected chi connectivity index (χ1v) is 7.11.